The summed E-state index contributed by atoms with van der Waals surface area (Å²) in [6, 6.07) is 15.4. The molecule has 0 N–H and O–H groups in total. The van der Waals surface area contributed by atoms with Gasteiger partial charge in [0.25, 0.3) is 0 Å². The van der Waals surface area contributed by atoms with Crippen LogP contribution in [0.2, 0.25) is 0 Å². The van der Waals surface area contributed by atoms with Gasteiger partial charge in [0.2, 0.25) is 0 Å². The van der Waals surface area contributed by atoms with Crippen molar-refractivity contribution in [3.05, 3.63) is 77.3 Å². The topological polar surface area (TPSA) is 66.5 Å². The lowest BCUT2D eigenvalue weighted by Gasteiger charge is -2.07. The van der Waals surface area contributed by atoms with Gasteiger partial charge in [0.1, 0.15) is 17.9 Å². The number of hydrogen-bond acceptors (Lipinski definition) is 5. The third-order valence-electron chi connectivity index (χ3n) is 5.02. The number of para-hydroxylation sites is 1. The number of aryl methyl sites for hydroxylation is 1. The largest absolute Gasteiger partial charge is 0.497 e. The lowest BCUT2D eigenvalue weighted by atomic mass is 10.1. The van der Waals surface area contributed by atoms with E-state index in [0.717, 1.165) is 33.6 Å². The lowest BCUT2D eigenvalue weighted by molar-refractivity contribution is -0.144. The van der Waals surface area contributed by atoms with Crippen molar-refractivity contribution in [1.29, 1.82) is 0 Å². The van der Waals surface area contributed by atoms with Crippen molar-refractivity contribution in [2.24, 2.45) is 0 Å². The van der Waals surface area contributed by atoms with E-state index in [1.54, 1.807) is 19.4 Å². The quantitative estimate of drug-likeness (QED) is 0.453. The second kappa shape index (κ2) is 7.83. The smallest absolute Gasteiger partial charge is 0.310 e. The molecule has 0 radical (unpaired) electrons. The molecule has 4 aromatic rings. The summed E-state index contributed by atoms with van der Waals surface area (Å²) in [5.41, 5.74) is 5.18. The second-order valence-corrected chi connectivity index (χ2v) is 6.86. The highest BCUT2D eigenvalue weighted by atomic mass is 16.5. The number of carbonyl (C=O) groups is 1. The molecule has 148 valence electrons. The lowest BCUT2D eigenvalue weighted by Crippen LogP contribution is -2.08. The maximum Gasteiger partial charge on any atom is 0.310 e. The molecule has 6 heteroatoms. The van der Waals surface area contributed by atoms with Crippen LogP contribution in [-0.2, 0) is 22.6 Å². The third kappa shape index (κ3) is 3.74. The number of benzene rings is 2. The van der Waals surface area contributed by atoms with Crippen LogP contribution < -0.4 is 4.74 Å². The number of ether oxygens (including phenoxy) is 2. The van der Waals surface area contributed by atoms with E-state index in [4.69, 9.17) is 13.9 Å². The monoisotopic (exact) mass is 390 g/mol. The van der Waals surface area contributed by atoms with Gasteiger partial charge < -0.3 is 13.9 Å². The zero-order valence-corrected chi connectivity index (χ0v) is 16.6. The molecule has 2 aromatic heterocycles. The fourth-order valence-corrected chi connectivity index (χ4v) is 3.39. The Morgan fingerprint density at radius 1 is 1.14 bits per heavy atom. The van der Waals surface area contributed by atoms with Crippen molar-refractivity contribution < 1.29 is 18.7 Å². The zero-order valence-electron chi connectivity index (χ0n) is 16.6. The van der Waals surface area contributed by atoms with Crippen LogP contribution in [0, 0.1) is 13.8 Å². The van der Waals surface area contributed by atoms with Gasteiger partial charge in [-0.1, -0.05) is 18.2 Å². The van der Waals surface area contributed by atoms with E-state index in [1.165, 1.54) is 0 Å². The number of furan rings is 1. The Balaban J connectivity index is 1.46. The van der Waals surface area contributed by atoms with E-state index in [-0.39, 0.29) is 19.0 Å². The average Bonchev–Trinajstić information content (AvgIpc) is 3.26. The van der Waals surface area contributed by atoms with Crippen molar-refractivity contribution >= 4 is 16.9 Å². The van der Waals surface area contributed by atoms with Crippen molar-refractivity contribution in [2.45, 2.75) is 26.9 Å². The Bertz CT molecular complexity index is 1160. The SMILES string of the molecule is COc1ccc2c(CC(=O)OCc3c(C)nn(-c4ccccc4)c3C)coc2c1. The van der Waals surface area contributed by atoms with Crippen LogP contribution in [0.1, 0.15) is 22.5 Å². The first-order valence-electron chi connectivity index (χ1n) is 9.37. The van der Waals surface area contributed by atoms with E-state index in [2.05, 4.69) is 5.10 Å². The van der Waals surface area contributed by atoms with Gasteiger partial charge in [-0.2, -0.15) is 5.10 Å². The molecule has 4 rings (SSSR count). The summed E-state index contributed by atoms with van der Waals surface area (Å²) in [5.74, 6) is 0.400. The Morgan fingerprint density at radius 2 is 1.93 bits per heavy atom. The van der Waals surface area contributed by atoms with Crippen LogP contribution in [0.4, 0.5) is 0 Å². The fourth-order valence-electron chi connectivity index (χ4n) is 3.39. The predicted octanol–water partition coefficient (Wildman–Crippen LogP) is 4.53. The molecule has 0 fully saturated rings. The molecule has 0 atom stereocenters. The number of fused-ring (bicyclic) bond motifs is 1. The highest BCUT2D eigenvalue weighted by Crippen LogP contribution is 2.26. The molecule has 0 aliphatic rings. The van der Waals surface area contributed by atoms with Crippen LogP contribution in [0.25, 0.3) is 16.7 Å². The number of rotatable bonds is 6. The first-order chi connectivity index (χ1) is 14.1. The number of esters is 1. The van der Waals surface area contributed by atoms with E-state index in [1.807, 2.05) is 61.0 Å². The highest BCUT2D eigenvalue weighted by molar-refractivity contribution is 5.86. The van der Waals surface area contributed by atoms with Gasteiger partial charge in [-0.3, -0.25) is 4.79 Å². The number of methoxy groups -OCH3 is 1. The molecular formula is C23H22N2O4. The van der Waals surface area contributed by atoms with Crippen molar-refractivity contribution in [2.75, 3.05) is 7.11 Å². The van der Waals surface area contributed by atoms with Crippen LogP contribution in [0.3, 0.4) is 0 Å². The van der Waals surface area contributed by atoms with Gasteiger partial charge in [-0.25, -0.2) is 4.68 Å². The Labute approximate surface area is 168 Å². The summed E-state index contributed by atoms with van der Waals surface area (Å²) in [6.45, 7) is 4.09. The fraction of sp³-hybridized carbons (Fsp3) is 0.217. The molecule has 0 spiro atoms. The maximum atomic E-state index is 12.4. The number of nitrogens with zero attached hydrogens (tertiary/aromatic N) is 2. The van der Waals surface area contributed by atoms with Gasteiger partial charge in [-0.15, -0.1) is 0 Å². The van der Waals surface area contributed by atoms with Crippen LogP contribution in [0.5, 0.6) is 5.75 Å². The Kier molecular flexibility index (Phi) is 5.08. The van der Waals surface area contributed by atoms with Gasteiger partial charge >= 0.3 is 5.97 Å². The first-order valence-corrected chi connectivity index (χ1v) is 9.37. The summed E-state index contributed by atoms with van der Waals surface area (Å²) >= 11 is 0. The standard InChI is InChI=1S/C23H22N2O4/c1-15-21(16(2)25(24-15)18-7-5-4-6-8-18)14-29-23(26)11-17-13-28-22-12-19(27-3)9-10-20(17)22/h4-10,12-13H,11,14H2,1-3H3. The van der Waals surface area contributed by atoms with Crippen molar-refractivity contribution in [3.8, 4) is 11.4 Å². The van der Waals surface area contributed by atoms with Crippen molar-refractivity contribution in [3.63, 3.8) is 0 Å². The molecule has 6 nitrogen and oxygen atoms in total. The van der Waals surface area contributed by atoms with Gasteiger partial charge in [0.15, 0.2) is 0 Å². The van der Waals surface area contributed by atoms with Crippen LogP contribution in [-0.4, -0.2) is 22.9 Å². The molecule has 0 aliphatic heterocycles. The van der Waals surface area contributed by atoms with Gasteiger partial charge in [-0.05, 0) is 38.1 Å². The van der Waals surface area contributed by atoms with Crippen LogP contribution in [0.15, 0.2) is 59.2 Å². The van der Waals surface area contributed by atoms with E-state index >= 15 is 0 Å². The van der Waals surface area contributed by atoms with Gasteiger partial charge in [0, 0.05) is 28.3 Å². The molecule has 0 amide bonds. The van der Waals surface area contributed by atoms with E-state index in [0.29, 0.717) is 11.3 Å². The van der Waals surface area contributed by atoms with E-state index in [9.17, 15) is 4.79 Å². The number of hydrogen-bond donors (Lipinski definition) is 0. The summed E-state index contributed by atoms with van der Waals surface area (Å²) in [6.07, 6.45) is 1.74. The molecule has 0 bridgehead atoms. The molecule has 2 aromatic carbocycles. The summed E-state index contributed by atoms with van der Waals surface area (Å²) < 4.78 is 18.2. The molecule has 0 aliphatic carbocycles. The summed E-state index contributed by atoms with van der Waals surface area (Å²) in [7, 11) is 1.60. The van der Waals surface area contributed by atoms with Crippen molar-refractivity contribution in [1.82, 2.24) is 9.78 Å². The number of aromatic nitrogens is 2. The minimum absolute atomic E-state index is 0.143. The summed E-state index contributed by atoms with van der Waals surface area (Å²) in [4.78, 5) is 12.4. The van der Waals surface area contributed by atoms with Gasteiger partial charge in [0.05, 0.1) is 31.2 Å². The second-order valence-electron chi connectivity index (χ2n) is 6.86. The maximum absolute atomic E-state index is 12.4. The molecule has 0 saturated carbocycles. The minimum atomic E-state index is -0.310. The molecule has 0 unspecified atom stereocenters. The summed E-state index contributed by atoms with van der Waals surface area (Å²) in [5, 5.41) is 5.47. The number of carbonyl (C=O) groups excluding carboxylic acids is 1. The molecule has 29 heavy (non-hydrogen) atoms. The first kappa shape index (κ1) is 18.8. The molecular weight excluding hydrogens is 368 g/mol. The zero-order chi connectivity index (χ0) is 20.4. The normalized spacial score (nSPS) is 11.0. The van der Waals surface area contributed by atoms with E-state index < -0.39 is 0 Å². The predicted molar refractivity (Wildman–Crippen MR) is 109 cm³/mol. The molecule has 0 saturated heterocycles. The average molecular weight is 390 g/mol. The Hall–Kier alpha value is -3.54. The Morgan fingerprint density at radius 3 is 2.69 bits per heavy atom. The third-order valence-corrected chi connectivity index (χ3v) is 5.02. The minimum Gasteiger partial charge on any atom is -0.497 e. The molecule has 2 heterocycles. The van der Waals surface area contributed by atoms with Crippen LogP contribution >= 0.6 is 0 Å². The highest BCUT2D eigenvalue weighted by Gasteiger charge is 2.16.